The average molecular weight is 274 g/mol. The van der Waals surface area contributed by atoms with Gasteiger partial charge in [-0.3, -0.25) is 0 Å². The van der Waals surface area contributed by atoms with E-state index in [-0.39, 0.29) is 5.13 Å². The van der Waals surface area contributed by atoms with E-state index >= 15 is 0 Å². The summed E-state index contributed by atoms with van der Waals surface area (Å²) in [7, 11) is 0. The van der Waals surface area contributed by atoms with Crippen molar-refractivity contribution in [1.29, 1.82) is 0 Å². The Hall–Kier alpha value is -1.15. The lowest BCUT2D eigenvalue weighted by atomic mass is 9.79. The van der Waals surface area contributed by atoms with Gasteiger partial charge in [0.05, 0.1) is 0 Å². The van der Waals surface area contributed by atoms with Gasteiger partial charge in [-0.15, -0.1) is 11.3 Å². The molecule has 0 nitrogen and oxygen atoms in total. The molecular formula is C17H19FS. The van der Waals surface area contributed by atoms with Crippen molar-refractivity contribution in [2.24, 2.45) is 5.92 Å². The second kappa shape index (κ2) is 5.46. The molecule has 1 saturated carbocycles. The Morgan fingerprint density at radius 3 is 2.21 bits per heavy atom. The first-order chi connectivity index (χ1) is 9.22. The summed E-state index contributed by atoms with van der Waals surface area (Å²) >= 11 is 1.22. The number of thiophene rings is 1. The summed E-state index contributed by atoms with van der Waals surface area (Å²) in [6.07, 6.45) is 5.33. The van der Waals surface area contributed by atoms with Crippen LogP contribution in [0.5, 0.6) is 0 Å². The summed E-state index contributed by atoms with van der Waals surface area (Å²) in [5.41, 5.74) is 2.58. The Bertz CT molecular complexity index is 533. The largest absolute Gasteiger partial charge is 0.195 e. The van der Waals surface area contributed by atoms with Gasteiger partial charge in [0.15, 0.2) is 5.13 Å². The Morgan fingerprint density at radius 2 is 1.63 bits per heavy atom. The first kappa shape index (κ1) is 12.9. The highest BCUT2D eigenvalue weighted by Gasteiger charge is 2.19. The molecule has 2 heteroatoms. The fraction of sp³-hybridized carbons (Fsp3) is 0.412. The van der Waals surface area contributed by atoms with Gasteiger partial charge in [0, 0.05) is 4.88 Å². The van der Waals surface area contributed by atoms with Gasteiger partial charge >= 0.3 is 0 Å². The Morgan fingerprint density at radius 1 is 0.947 bits per heavy atom. The Kier molecular flexibility index (Phi) is 3.69. The van der Waals surface area contributed by atoms with Gasteiger partial charge < -0.3 is 0 Å². The predicted molar refractivity (Wildman–Crippen MR) is 80.1 cm³/mol. The molecule has 1 aliphatic rings. The first-order valence-electron chi connectivity index (χ1n) is 7.08. The van der Waals surface area contributed by atoms with E-state index in [2.05, 4.69) is 31.2 Å². The smallest absolute Gasteiger partial charge is 0.176 e. The van der Waals surface area contributed by atoms with Crippen LogP contribution >= 0.6 is 11.3 Å². The van der Waals surface area contributed by atoms with E-state index in [1.165, 1.54) is 48.6 Å². The number of benzene rings is 1. The molecule has 0 radical (unpaired) electrons. The van der Waals surface area contributed by atoms with Crippen molar-refractivity contribution in [3.63, 3.8) is 0 Å². The molecule has 100 valence electrons. The zero-order valence-corrected chi connectivity index (χ0v) is 12.0. The van der Waals surface area contributed by atoms with E-state index in [4.69, 9.17) is 0 Å². The van der Waals surface area contributed by atoms with Gasteiger partial charge in [-0.2, -0.15) is 4.39 Å². The van der Waals surface area contributed by atoms with Crippen LogP contribution in [0, 0.1) is 11.0 Å². The van der Waals surface area contributed by atoms with Crippen LogP contribution in [-0.4, -0.2) is 0 Å². The lowest BCUT2D eigenvalue weighted by Crippen LogP contribution is -2.10. The molecule has 1 aliphatic carbocycles. The van der Waals surface area contributed by atoms with Gasteiger partial charge in [-0.1, -0.05) is 44.0 Å². The van der Waals surface area contributed by atoms with Crippen LogP contribution in [0.2, 0.25) is 0 Å². The average Bonchev–Trinajstić information content (AvgIpc) is 2.87. The zero-order valence-electron chi connectivity index (χ0n) is 11.2. The van der Waals surface area contributed by atoms with E-state index in [0.717, 1.165) is 22.3 Å². The summed E-state index contributed by atoms with van der Waals surface area (Å²) in [4.78, 5) is 1.02. The molecule has 0 bridgehead atoms. The molecule has 3 rings (SSSR count). The molecule has 0 aliphatic heterocycles. The topological polar surface area (TPSA) is 0 Å². The van der Waals surface area contributed by atoms with E-state index in [1.807, 2.05) is 6.07 Å². The van der Waals surface area contributed by atoms with Crippen LogP contribution in [0.4, 0.5) is 4.39 Å². The number of hydrogen-bond acceptors (Lipinski definition) is 1. The van der Waals surface area contributed by atoms with Crippen molar-refractivity contribution >= 4 is 11.3 Å². The summed E-state index contributed by atoms with van der Waals surface area (Å²) in [6, 6.07) is 12.1. The molecule has 0 atom stereocenters. The maximum absolute atomic E-state index is 13.0. The van der Waals surface area contributed by atoms with E-state index in [0.29, 0.717) is 0 Å². The van der Waals surface area contributed by atoms with Crippen molar-refractivity contribution in [3.05, 3.63) is 47.1 Å². The Labute approximate surface area is 118 Å². The molecule has 1 heterocycles. The van der Waals surface area contributed by atoms with E-state index in [1.54, 1.807) is 0 Å². The molecule has 0 saturated heterocycles. The minimum Gasteiger partial charge on any atom is -0.195 e. The molecule has 1 fully saturated rings. The second-order valence-corrected chi connectivity index (χ2v) is 6.72. The first-order valence-corrected chi connectivity index (χ1v) is 7.89. The van der Waals surface area contributed by atoms with Crippen molar-refractivity contribution in [3.8, 4) is 10.4 Å². The van der Waals surface area contributed by atoms with Gasteiger partial charge in [-0.05, 0) is 47.9 Å². The normalized spacial score (nSPS) is 23.5. The summed E-state index contributed by atoms with van der Waals surface area (Å²) in [5, 5.41) is -0.111. The molecule has 0 unspecified atom stereocenters. The minimum atomic E-state index is -0.111. The summed E-state index contributed by atoms with van der Waals surface area (Å²) in [5.74, 6) is 1.62. The third-order valence-corrected chi connectivity index (χ3v) is 5.18. The molecular weight excluding hydrogens is 255 g/mol. The predicted octanol–water partition coefficient (Wildman–Crippen LogP) is 5.85. The van der Waals surface area contributed by atoms with Crippen LogP contribution in [-0.2, 0) is 0 Å². The van der Waals surface area contributed by atoms with E-state index < -0.39 is 0 Å². The second-order valence-electron chi connectivity index (χ2n) is 5.68. The molecule has 0 amide bonds. The highest BCUT2D eigenvalue weighted by Crippen LogP contribution is 2.36. The molecule has 0 N–H and O–H groups in total. The standard InChI is InChI=1S/C17H19FS/c1-12-2-4-13(5-3-12)14-6-8-15(9-7-14)16-10-11-17(18)19-16/h6-13H,2-5H2,1H3. The van der Waals surface area contributed by atoms with Crippen LogP contribution in [0.25, 0.3) is 10.4 Å². The van der Waals surface area contributed by atoms with Crippen LogP contribution in [0.1, 0.15) is 44.1 Å². The van der Waals surface area contributed by atoms with Gasteiger partial charge in [0.1, 0.15) is 0 Å². The maximum Gasteiger partial charge on any atom is 0.176 e. The van der Waals surface area contributed by atoms with Gasteiger partial charge in [0.25, 0.3) is 0 Å². The van der Waals surface area contributed by atoms with Crippen molar-refractivity contribution < 1.29 is 4.39 Å². The fourth-order valence-electron chi connectivity index (χ4n) is 2.98. The number of halogens is 1. The lowest BCUT2D eigenvalue weighted by molar-refractivity contribution is 0.348. The lowest BCUT2D eigenvalue weighted by Gasteiger charge is -2.26. The molecule has 2 aromatic rings. The highest BCUT2D eigenvalue weighted by molar-refractivity contribution is 7.13. The van der Waals surface area contributed by atoms with Crippen LogP contribution in [0.3, 0.4) is 0 Å². The third kappa shape index (κ3) is 2.89. The molecule has 19 heavy (non-hydrogen) atoms. The summed E-state index contributed by atoms with van der Waals surface area (Å²) < 4.78 is 13.0. The molecule has 1 aromatic carbocycles. The third-order valence-electron chi connectivity index (χ3n) is 4.26. The van der Waals surface area contributed by atoms with Crippen LogP contribution < -0.4 is 0 Å². The molecule has 0 spiro atoms. The number of hydrogen-bond donors (Lipinski definition) is 0. The minimum absolute atomic E-state index is 0.111. The fourth-order valence-corrected chi connectivity index (χ4v) is 3.72. The van der Waals surface area contributed by atoms with Crippen LogP contribution in [0.15, 0.2) is 36.4 Å². The highest BCUT2D eigenvalue weighted by atomic mass is 32.1. The Balaban J connectivity index is 1.75. The SMILES string of the molecule is CC1CCC(c2ccc(-c3ccc(F)s3)cc2)CC1. The number of rotatable bonds is 2. The maximum atomic E-state index is 13.0. The van der Waals surface area contributed by atoms with Crippen molar-refractivity contribution in [1.82, 2.24) is 0 Å². The van der Waals surface area contributed by atoms with Gasteiger partial charge in [-0.25, -0.2) is 0 Å². The van der Waals surface area contributed by atoms with Gasteiger partial charge in [0.2, 0.25) is 0 Å². The zero-order chi connectivity index (χ0) is 13.2. The van der Waals surface area contributed by atoms with E-state index in [9.17, 15) is 4.39 Å². The molecule has 1 aromatic heterocycles. The monoisotopic (exact) mass is 274 g/mol. The van der Waals surface area contributed by atoms with Crippen molar-refractivity contribution in [2.45, 2.75) is 38.5 Å². The van der Waals surface area contributed by atoms with Crippen molar-refractivity contribution in [2.75, 3.05) is 0 Å². The quantitative estimate of drug-likeness (QED) is 0.644. The summed E-state index contributed by atoms with van der Waals surface area (Å²) in [6.45, 7) is 2.35.